The van der Waals surface area contributed by atoms with E-state index in [4.69, 9.17) is 18.9 Å². The number of amides is 1. The Morgan fingerprint density at radius 3 is 2.31 bits per heavy atom. The molecule has 2 aromatic carbocycles. The standard InChI is InChI=1S/C30H28F4N4O7/c1-37-27(25-21(31)11-19(41-2)12-22(25)32)26(36-28(39)16-6-8-17(9-7-16)45-30(33)34)29(40)38(37)23-13-20(42-3)14-24(35-23)44-15-18-5-4-10-43-18/h6-9,11-14,18,30H,4-5,10,15H2,1-3H3,(H,36,39). The summed E-state index contributed by atoms with van der Waals surface area (Å²) in [5.74, 6) is -3.04. The average Bonchev–Trinajstić information content (AvgIpc) is 3.62. The van der Waals surface area contributed by atoms with E-state index in [2.05, 4.69) is 15.0 Å². The van der Waals surface area contributed by atoms with Crippen molar-refractivity contribution in [2.45, 2.75) is 25.6 Å². The van der Waals surface area contributed by atoms with E-state index in [0.717, 1.165) is 46.5 Å². The van der Waals surface area contributed by atoms with Gasteiger partial charge in [-0.15, -0.1) is 0 Å². The molecule has 0 radical (unpaired) electrons. The molecule has 0 saturated carbocycles. The van der Waals surface area contributed by atoms with Crippen LogP contribution in [0.2, 0.25) is 0 Å². The fourth-order valence-electron chi connectivity index (χ4n) is 4.85. The molecule has 0 spiro atoms. The van der Waals surface area contributed by atoms with Gasteiger partial charge in [0.05, 0.1) is 25.9 Å². The SMILES string of the molecule is COc1cc(OCC2CCCO2)nc(-n2c(=O)c(NC(=O)c3ccc(OC(F)F)cc3)c(-c3c(F)cc(OC)cc3F)n2C)c1. The monoisotopic (exact) mass is 632 g/mol. The summed E-state index contributed by atoms with van der Waals surface area (Å²) in [6.07, 6.45) is 1.57. The topological polar surface area (TPSA) is 115 Å². The van der Waals surface area contributed by atoms with Crippen LogP contribution in [0.5, 0.6) is 23.1 Å². The van der Waals surface area contributed by atoms with Crippen LogP contribution in [0.3, 0.4) is 0 Å². The molecular formula is C30H28F4N4O7. The van der Waals surface area contributed by atoms with Gasteiger partial charge in [0.1, 0.15) is 46.9 Å². The molecular weight excluding hydrogens is 604 g/mol. The Hall–Kier alpha value is -5.05. The van der Waals surface area contributed by atoms with Crippen molar-refractivity contribution in [1.82, 2.24) is 14.3 Å². The van der Waals surface area contributed by atoms with Gasteiger partial charge in [0, 0.05) is 43.5 Å². The number of rotatable bonds is 11. The third kappa shape index (κ3) is 6.72. The minimum Gasteiger partial charge on any atom is -0.497 e. The quantitative estimate of drug-likeness (QED) is 0.231. The molecule has 5 rings (SSSR count). The molecule has 1 fully saturated rings. The Morgan fingerprint density at radius 1 is 1.04 bits per heavy atom. The number of nitrogens with zero attached hydrogens (tertiary/aromatic N) is 3. The number of nitrogens with one attached hydrogen (secondary N) is 1. The molecule has 15 heteroatoms. The lowest BCUT2D eigenvalue weighted by atomic mass is 10.1. The molecule has 1 aliphatic rings. The summed E-state index contributed by atoms with van der Waals surface area (Å²) in [6.45, 7) is -2.26. The van der Waals surface area contributed by atoms with Crippen LogP contribution in [0.4, 0.5) is 23.2 Å². The summed E-state index contributed by atoms with van der Waals surface area (Å²) in [5.41, 5.74) is -2.43. The van der Waals surface area contributed by atoms with Crippen molar-refractivity contribution in [3.8, 4) is 40.2 Å². The number of hydrogen-bond acceptors (Lipinski definition) is 8. The van der Waals surface area contributed by atoms with Crippen molar-refractivity contribution in [2.75, 3.05) is 32.8 Å². The van der Waals surface area contributed by atoms with Gasteiger partial charge in [0.25, 0.3) is 11.5 Å². The van der Waals surface area contributed by atoms with E-state index < -0.39 is 41.0 Å². The lowest BCUT2D eigenvalue weighted by Gasteiger charge is -2.15. The normalized spacial score (nSPS) is 14.4. The van der Waals surface area contributed by atoms with E-state index in [1.807, 2.05) is 0 Å². The number of pyridine rings is 1. The number of alkyl halides is 2. The summed E-state index contributed by atoms with van der Waals surface area (Å²) >= 11 is 0. The van der Waals surface area contributed by atoms with E-state index in [1.54, 1.807) is 0 Å². The molecule has 1 aliphatic heterocycles. The van der Waals surface area contributed by atoms with Crippen LogP contribution in [0.15, 0.2) is 53.3 Å². The van der Waals surface area contributed by atoms with Gasteiger partial charge in [0.15, 0.2) is 5.82 Å². The average molecular weight is 633 g/mol. The van der Waals surface area contributed by atoms with Crippen molar-refractivity contribution in [2.24, 2.45) is 7.05 Å². The highest BCUT2D eigenvalue weighted by atomic mass is 19.3. The van der Waals surface area contributed by atoms with Crippen LogP contribution >= 0.6 is 0 Å². The molecule has 45 heavy (non-hydrogen) atoms. The van der Waals surface area contributed by atoms with E-state index in [1.165, 1.54) is 45.5 Å². The molecule has 1 N–H and O–H groups in total. The zero-order valence-corrected chi connectivity index (χ0v) is 24.3. The predicted molar refractivity (Wildman–Crippen MR) is 153 cm³/mol. The number of methoxy groups -OCH3 is 2. The molecule has 1 saturated heterocycles. The van der Waals surface area contributed by atoms with Crippen LogP contribution < -0.4 is 29.8 Å². The lowest BCUT2D eigenvalue weighted by molar-refractivity contribution is -0.0498. The van der Waals surface area contributed by atoms with Crippen LogP contribution in [0, 0.1) is 11.6 Å². The molecule has 1 atom stereocenters. The van der Waals surface area contributed by atoms with Gasteiger partial charge in [0.2, 0.25) is 5.88 Å². The summed E-state index contributed by atoms with van der Waals surface area (Å²) < 4.78 is 84.1. The van der Waals surface area contributed by atoms with Crippen molar-refractivity contribution in [3.63, 3.8) is 0 Å². The Balaban J connectivity index is 1.61. The fraction of sp³-hybridized carbons (Fsp3) is 0.300. The fourth-order valence-corrected chi connectivity index (χ4v) is 4.85. The maximum atomic E-state index is 15.4. The molecule has 0 bridgehead atoms. The van der Waals surface area contributed by atoms with Crippen LogP contribution in [0.25, 0.3) is 17.1 Å². The summed E-state index contributed by atoms with van der Waals surface area (Å²) in [7, 11) is 3.98. The van der Waals surface area contributed by atoms with Crippen molar-refractivity contribution >= 4 is 11.6 Å². The molecule has 4 aromatic rings. The Kier molecular flexibility index (Phi) is 9.27. The molecule has 238 valence electrons. The minimum absolute atomic E-state index is 0.0474. The first-order valence-electron chi connectivity index (χ1n) is 13.6. The number of benzene rings is 2. The van der Waals surface area contributed by atoms with Crippen molar-refractivity contribution < 1.29 is 46.0 Å². The maximum absolute atomic E-state index is 15.4. The smallest absolute Gasteiger partial charge is 0.387 e. The number of halogens is 4. The number of carbonyl (C=O) groups is 1. The van der Waals surface area contributed by atoms with Gasteiger partial charge in [-0.3, -0.25) is 14.3 Å². The van der Waals surface area contributed by atoms with E-state index in [9.17, 15) is 18.4 Å². The second-order valence-corrected chi connectivity index (χ2v) is 9.84. The Bertz CT molecular complexity index is 1730. The number of carbonyl (C=O) groups excluding carboxylic acids is 1. The molecule has 2 aromatic heterocycles. The van der Waals surface area contributed by atoms with Gasteiger partial charge < -0.3 is 29.0 Å². The zero-order valence-electron chi connectivity index (χ0n) is 24.3. The second-order valence-electron chi connectivity index (χ2n) is 9.84. The first-order chi connectivity index (χ1) is 21.6. The van der Waals surface area contributed by atoms with Gasteiger partial charge in [-0.05, 0) is 37.1 Å². The third-order valence-corrected chi connectivity index (χ3v) is 6.99. The highest BCUT2D eigenvalue weighted by molar-refractivity contribution is 6.06. The van der Waals surface area contributed by atoms with Gasteiger partial charge in [-0.25, -0.2) is 8.78 Å². The highest BCUT2D eigenvalue weighted by Crippen LogP contribution is 2.35. The largest absolute Gasteiger partial charge is 0.497 e. The van der Waals surface area contributed by atoms with Crippen LogP contribution in [-0.4, -0.2) is 60.4 Å². The first kappa shape index (κ1) is 31.4. The minimum atomic E-state index is -3.07. The Morgan fingerprint density at radius 2 is 1.71 bits per heavy atom. The number of aromatic nitrogens is 3. The van der Waals surface area contributed by atoms with E-state index >= 15 is 8.78 Å². The van der Waals surface area contributed by atoms with Gasteiger partial charge in [-0.1, -0.05) is 0 Å². The van der Waals surface area contributed by atoms with Crippen LogP contribution in [0.1, 0.15) is 23.2 Å². The summed E-state index contributed by atoms with van der Waals surface area (Å²) in [6, 6.07) is 9.38. The molecule has 1 amide bonds. The number of ether oxygens (including phenoxy) is 5. The summed E-state index contributed by atoms with van der Waals surface area (Å²) in [5, 5.41) is 2.42. The third-order valence-electron chi connectivity index (χ3n) is 6.99. The van der Waals surface area contributed by atoms with E-state index in [0.29, 0.717) is 6.61 Å². The number of hydrogen-bond donors (Lipinski definition) is 1. The van der Waals surface area contributed by atoms with E-state index in [-0.39, 0.29) is 52.9 Å². The van der Waals surface area contributed by atoms with Crippen molar-refractivity contribution in [1.29, 1.82) is 0 Å². The predicted octanol–water partition coefficient (Wildman–Crippen LogP) is 4.94. The summed E-state index contributed by atoms with van der Waals surface area (Å²) in [4.78, 5) is 31.6. The molecule has 11 nitrogen and oxygen atoms in total. The highest BCUT2D eigenvalue weighted by Gasteiger charge is 2.29. The van der Waals surface area contributed by atoms with Crippen LogP contribution in [-0.2, 0) is 11.8 Å². The zero-order chi connectivity index (χ0) is 32.2. The second kappa shape index (κ2) is 13.3. The molecule has 3 heterocycles. The lowest BCUT2D eigenvalue weighted by Crippen LogP contribution is -2.24. The van der Waals surface area contributed by atoms with Gasteiger partial charge in [-0.2, -0.15) is 18.4 Å². The molecule has 0 aliphatic carbocycles. The molecule has 1 unspecified atom stereocenters. The Labute approximate surface area is 253 Å². The van der Waals surface area contributed by atoms with Gasteiger partial charge >= 0.3 is 6.61 Å². The number of anilines is 1. The van der Waals surface area contributed by atoms with Crippen molar-refractivity contribution in [3.05, 3.63) is 76.1 Å². The maximum Gasteiger partial charge on any atom is 0.387 e. The first-order valence-corrected chi connectivity index (χ1v) is 13.6.